The standard InChI is InChI=1S/2C2H6N2O.HI.NO3/c2*1-4-2(3)5;;2-1(3)4/h2*1H3,(H3,3,4,5);1H;/q;;;-1/p+1. The molecule has 0 aromatic heterocycles. The molecule has 0 fully saturated rings. The zero-order valence-electron chi connectivity index (χ0n) is 8.28. The summed E-state index contributed by atoms with van der Waals surface area (Å²) in [5.74, 6) is 0. The molecule has 0 atom stereocenters. The van der Waals surface area contributed by atoms with Crippen molar-refractivity contribution in [1.82, 2.24) is 10.6 Å². The van der Waals surface area contributed by atoms with Crippen molar-refractivity contribution in [3.05, 3.63) is 15.3 Å². The number of hydrogen-bond donors (Lipinski definition) is 4. The third-order valence-corrected chi connectivity index (χ3v) is 0.558. The molecule has 10 nitrogen and oxygen atoms in total. The summed E-state index contributed by atoms with van der Waals surface area (Å²) >= 11 is 0. The monoisotopic (exact) mass is 339 g/mol. The Labute approximate surface area is 102 Å². The number of rotatable bonds is 0. The summed E-state index contributed by atoms with van der Waals surface area (Å²) in [6.07, 6.45) is 0. The molecule has 0 aliphatic heterocycles. The van der Waals surface area contributed by atoms with Gasteiger partial charge in [-0.2, -0.15) is 0 Å². The molecule has 8 N–H and O–H groups in total. The average Bonchev–Trinajstić information content (AvgIpc) is 2.04. The van der Waals surface area contributed by atoms with Gasteiger partial charge in [-0.1, -0.05) is 0 Å². The van der Waals surface area contributed by atoms with Crippen molar-refractivity contribution < 1.29 is 50.1 Å². The first-order valence-electron chi connectivity index (χ1n) is 3.16. The zero-order valence-corrected chi connectivity index (χ0v) is 10.4. The molecule has 0 aromatic carbocycles. The summed E-state index contributed by atoms with van der Waals surface area (Å²) < 4.78 is 0. The molecular weight excluding hydrogens is 325 g/mol. The third-order valence-electron chi connectivity index (χ3n) is 0.558. The molecule has 11 heteroatoms. The molecule has 92 valence electrons. The number of halogens is 1. The van der Waals surface area contributed by atoms with Crippen molar-refractivity contribution in [3.8, 4) is 0 Å². The van der Waals surface area contributed by atoms with Gasteiger partial charge in [0, 0.05) is 14.1 Å². The molecule has 0 saturated heterocycles. The van der Waals surface area contributed by atoms with Gasteiger partial charge in [-0.05, 0) is 0 Å². The molecule has 0 aromatic rings. The molecule has 0 rings (SSSR count). The number of carbonyl (C=O) groups is 2. The molecule has 0 radical (unpaired) electrons. The van der Waals surface area contributed by atoms with E-state index in [4.69, 9.17) is 15.3 Å². The lowest BCUT2D eigenvalue weighted by Crippen LogP contribution is -3.00. The lowest BCUT2D eigenvalue weighted by Gasteiger charge is -1.75. The predicted octanol–water partition coefficient (Wildman–Crippen LogP) is -6.10. The van der Waals surface area contributed by atoms with Gasteiger partial charge in [-0.25, -0.2) is 9.59 Å². The minimum absolute atomic E-state index is 0. The minimum atomic E-state index is -1.75. The smallest absolute Gasteiger partial charge is 0.411 e. The number of amides is 4. The molecule has 0 unspecified atom stereocenters. The van der Waals surface area contributed by atoms with Crippen molar-refractivity contribution in [3.63, 3.8) is 0 Å². The minimum Gasteiger partial charge on any atom is -1.00 e. The zero-order chi connectivity index (χ0) is 12.1. The van der Waals surface area contributed by atoms with Crippen LogP contribution in [0.25, 0.3) is 0 Å². The summed E-state index contributed by atoms with van der Waals surface area (Å²) in [7, 11) is 3.07. The van der Waals surface area contributed by atoms with Crippen LogP contribution in [-0.4, -0.2) is 31.2 Å². The fourth-order valence-electron chi connectivity index (χ4n) is 0. The second-order valence-corrected chi connectivity index (χ2v) is 1.57. The molecule has 0 saturated carbocycles. The first kappa shape index (κ1) is 23.5. The van der Waals surface area contributed by atoms with E-state index in [1.807, 2.05) is 0 Å². The van der Waals surface area contributed by atoms with E-state index in [-0.39, 0.29) is 36.0 Å². The van der Waals surface area contributed by atoms with Crippen LogP contribution in [-0.2, 0) is 0 Å². The number of hydrogen-bond acceptors (Lipinski definition) is 5. The van der Waals surface area contributed by atoms with Crippen LogP contribution in [0.15, 0.2) is 0 Å². The number of carbonyl (C=O) groups excluding carboxylic acids is 2. The van der Waals surface area contributed by atoms with Gasteiger partial charge >= 0.3 is 12.1 Å². The van der Waals surface area contributed by atoms with Crippen LogP contribution in [0.4, 0.5) is 9.59 Å². The quantitative estimate of drug-likeness (QED) is 0.194. The first-order valence-corrected chi connectivity index (χ1v) is 3.16. The number of nitrogens with one attached hydrogen (secondary N) is 2. The van der Waals surface area contributed by atoms with Gasteiger partial charge in [-0.3, -0.25) is 11.5 Å². The molecule has 0 heterocycles. The maximum Gasteiger partial charge on any atom is 0.411 e. The van der Waals surface area contributed by atoms with E-state index in [9.17, 15) is 9.59 Å². The van der Waals surface area contributed by atoms with Crippen molar-refractivity contribution >= 4 is 12.1 Å². The Bertz CT molecular complexity index is 170. The highest BCUT2D eigenvalue weighted by atomic mass is 127. The normalized spacial score (nSPS) is 6.13. The van der Waals surface area contributed by atoms with Crippen LogP contribution >= 0.6 is 0 Å². The topological polar surface area (TPSA) is 180 Å². The summed E-state index contributed by atoms with van der Waals surface area (Å²) in [5.41, 5.74) is 6.01. The molecular formula is C4H14IN5O5. The molecule has 4 amide bonds. The Balaban J connectivity index is -0.0000000590. The lowest BCUT2D eigenvalue weighted by atomic mass is 11.1. The molecule has 0 aliphatic carbocycles. The van der Waals surface area contributed by atoms with Crippen LogP contribution in [0.1, 0.15) is 0 Å². The van der Waals surface area contributed by atoms with E-state index >= 15 is 0 Å². The van der Waals surface area contributed by atoms with E-state index in [0.717, 1.165) is 0 Å². The van der Waals surface area contributed by atoms with Crippen LogP contribution in [0.3, 0.4) is 0 Å². The van der Waals surface area contributed by atoms with Crippen LogP contribution in [0, 0.1) is 15.3 Å². The van der Waals surface area contributed by atoms with Crippen molar-refractivity contribution in [2.75, 3.05) is 14.1 Å². The number of urea groups is 2. The highest BCUT2D eigenvalue weighted by Crippen LogP contribution is 1.44. The Morgan fingerprint density at radius 2 is 1.13 bits per heavy atom. The maximum atomic E-state index is 9.59. The summed E-state index contributed by atoms with van der Waals surface area (Å²) in [4.78, 5) is 27.4. The SMILES string of the molecule is CNC([NH3+])=O.CNC([NH3+])=O.O=[N+]([O-])[O-].[I-]. The van der Waals surface area contributed by atoms with Crippen molar-refractivity contribution in [2.45, 2.75) is 0 Å². The van der Waals surface area contributed by atoms with Crippen molar-refractivity contribution in [2.24, 2.45) is 0 Å². The average molecular weight is 339 g/mol. The number of quaternary nitrogens is 2. The van der Waals surface area contributed by atoms with Gasteiger partial charge in [-0.15, -0.1) is 0 Å². The molecule has 0 bridgehead atoms. The largest absolute Gasteiger partial charge is 1.00 e. The Hall–Kier alpha value is -1.21. The Kier molecular flexibility index (Phi) is 29.1. The van der Waals surface area contributed by atoms with Gasteiger partial charge in [0.15, 0.2) is 0 Å². The summed E-state index contributed by atoms with van der Waals surface area (Å²) in [6.45, 7) is 0. The predicted molar refractivity (Wildman–Crippen MR) is 45.0 cm³/mol. The van der Waals surface area contributed by atoms with E-state index in [1.165, 1.54) is 14.1 Å². The van der Waals surface area contributed by atoms with Crippen LogP contribution < -0.4 is 46.1 Å². The highest BCUT2D eigenvalue weighted by Gasteiger charge is 1.80. The molecule has 0 spiro atoms. The third kappa shape index (κ3) is 191. The maximum absolute atomic E-state index is 9.59. The van der Waals surface area contributed by atoms with E-state index in [2.05, 4.69) is 22.1 Å². The number of nitrogens with zero attached hydrogens (tertiary/aromatic N) is 1. The second kappa shape index (κ2) is 18.5. The van der Waals surface area contributed by atoms with E-state index in [0.29, 0.717) is 0 Å². The van der Waals surface area contributed by atoms with Gasteiger partial charge in [0.2, 0.25) is 0 Å². The Morgan fingerprint density at radius 1 is 1.07 bits per heavy atom. The Morgan fingerprint density at radius 3 is 1.13 bits per heavy atom. The molecule has 15 heavy (non-hydrogen) atoms. The first-order chi connectivity index (χ1) is 6.27. The summed E-state index contributed by atoms with van der Waals surface area (Å²) in [6, 6.07) is -0.491. The van der Waals surface area contributed by atoms with Crippen molar-refractivity contribution in [1.29, 1.82) is 0 Å². The second-order valence-electron chi connectivity index (χ2n) is 1.57. The van der Waals surface area contributed by atoms with Gasteiger partial charge in [0.05, 0.1) is 5.09 Å². The van der Waals surface area contributed by atoms with E-state index in [1.54, 1.807) is 0 Å². The van der Waals surface area contributed by atoms with Crippen LogP contribution in [0.5, 0.6) is 0 Å². The van der Waals surface area contributed by atoms with Gasteiger partial charge in [0.25, 0.3) is 0 Å². The highest BCUT2D eigenvalue weighted by molar-refractivity contribution is 5.61. The van der Waals surface area contributed by atoms with E-state index < -0.39 is 5.09 Å². The van der Waals surface area contributed by atoms with Gasteiger partial charge < -0.3 is 49.9 Å². The van der Waals surface area contributed by atoms with Gasteiger partial charge in [0.1, 0.15) is 0 Å². The van der Waals surface area contributed by atoms with Crippen LogP contribution in [0.2, 0.25) is 0 Å². The fourth-order valence-corrected chi connectivity index (χ4v) is 0. The fraction of sp³-hybridized carbons (Fsp3) is 0.500. The lowest BCUT2D eigenvalue weighted by molar-refractivity contribution is -0.402. The molecule has 0 aliphatic rings. The summed E-state index contributed by atoms with van der Waals surface area (Å²) in [5, 5.41) is 19.3.